The number of nitrogens with one attached hydrogen (secondary N) is 1. The predicted octanol–water partition coefficient (Wildman–Crippen LogP) is 2.65. The molecule has 1 fully saturated rings. The number of nitrogen functional groups attached to an aromatic ring is 1. The number of hydrogen-bond acceptors (Lipinski definition) is 3. The molecule has 0 bridgehead atoms. The van der Waals surface area contributed by atoms with Crippen LogP contribution in [0.2, 0.25) is 0 Å². The van der Waals surface area contributed by atoms with Crippen molar-refractivity contribution in [2.75, 3.05) is 23.7 Å². The van der Waals surface area contributed by atoms with Gasteiger partial charge in [0.15, 0.2) is 0 Å². The summed E-state index contributed by atoms with van der Waals surface area (Å²) in [5, 5.41) is 6.88. The molecule has 18 heavy (non-hydrogen) atoms. The van der Waals surface area contributed by atoms with Gasteiger partial charge in [-0.2, -0.15) is 5.10 Å². The molecule has 1 aliphatic heterocycles. The Morgan fingerprint density at radius 2 is 1.78 bits per heavy atom. The van der Waals surface area contributed by atoms with Gasteiger partial charge >= 0.3 is 0 Å². The quantitative estimate of drug-likeness (QED) is 0.851. The van der Waals surface area contributed by atoms with Gasteiger partial charge in [-0.15, -0.1) is 0 Å². The minimum Gasteiger partial charge on any atom is -0.382 e. The van der Waals surface area contributed by atoms with E-state index in [4.69, 9.17) is 5.73 Å². The van der Waals surface area contributed by atoms with E-state index in [1.807, 2.05) is 6.07 Å². The van der Waals surface area contributed by atoms with Crippen LogP contribution < -0.4 is 10.6 Å². The zero-order chi connectivity index (χ0) is 12.4. The number of aromatic amines is 1. The molecule has 1 aromatic carbocycles. The van der Waals surface area contributed by atoms with Gasteiger partial charge in [-0.05, 0) is 37.0 Å². The van der Waals surface area contributed by atoms with Crippen molar-refractivity contribution >= 4 is 11.5 Å². The summed E-state index contributed by atoms with van der Waals surface area (Å²) in [6.45, 7) is 2.35. The number of hydrogen-bond donors (Lipinski definition) is 2. The van der Waals surface area contributed by atoms with Crippen LogP contribution >= 0.6 is 0 Å². The molecule has 4 heteroatoms. The lowest BCUT2D eigenvalue weighted by atomic mass is 10.1. The average Bonchev–Trinajstić information content (AvgIpc) is 2.87. The highest BCUT2D eigenvalue weighted by Crippen LogP contribution is 2.24. The standard InChI is InChI=1S/C14H18N4/c15-14-10-13(16-17-14)11-4-6-12(7-5-11)18-8-2-1-3-9-18/h4-7,10H,1-3,8-9H2,(H3,15,16,17). The molecule has 1 aromatic heterocycles. The van der Waals surface area contributed by atoms with E-state index in [1.165, 1.54) is 38.0 Å². The average molecular weight is 242 g/mol. The third-order valence-electron chi connectivity index (χ3n) is 3.50. The maximum absolute atomic E-state index is 5.61. The van der Waals surface area contributed by atoms with Crippen LogP contribution in [-0.2, 0) is 0 Å². The number of benzene rings is 1. The van der Waals surface area contributed by atoms with Crippen molar-refractivity contribution in [3.8, 4) is 11.3 Å². The van der Waals surface area contributed by atoms with E-state index >= 15 is 0 Å². The Balaban J connectivity index is 1.80. The zero-order valence-electron chi connectivity index (χ0n) is 10.4. The minimum atomic E-state index is 0.533. The van der Waals surface area contributed by atoms with Gasteiger partial charge in [0, 0.05) is 24.8 Å². The van der Waals surface area contributed by atoms with E-state index in [0.717, 1.165) is 11.3 Å². The van der Waals surface area contributed by atoms with Gasteiger partial charge in [0.05, 0.1) is 5.69 Å². The first kappa shape index (κ1) is 11.1. The van der Waals surface area contributed by atoms with Crippen LogP contribution in [0.15, 0.2) is 30.3 Å². The molecule has 0 radical (unpaired) electrons. The molecular formula is C14H18N4. The van der Waals surface area contributed by atoms with E-state index in [9.17, 15) is 0 Å². The van der Waals surface area contributed by atoms with Crippen molar-refractivity contribution in [2.45, 2.75) is 19.3 Å². The Hall–Kier alpha value is -1.97. The number of nitrogens with zero attached hydrogens (tertiary/aromatic N) is 2. The largest absolute Gasteiger partial charge is 0.382 e. The maximum Gasteiger partial charge on any atom is 0.145 e. The van der Waals surface area contributed by atoms with Gasteiger partial charge < -0.3 is 10.6 Å². The van der Waals surface area contributed by atoms with Crippen molar-refractivity contribution in [2.24, 2.45) is 0 Å². The Morgan fingerprint density at radius 1 is 1.06 bits per heavy atom. The van der Waals surface area contributed by atoms with E-state index in [2.05, 4.69) is 39.4 Å². The second-order valence-corrected chi connectivity index (χ2v) is 4.80. The van der Waals surface area contributed by atoms with Crippen LogP contribution in [0.4, 0.5) is 11.5 Å². The monoisotopic (exact) mass is 242 g/mol. The van der Waals surface area contributed by atoms with Crippen LogP contribution in [0.1, 0.15) is 19.3 Å². The van der Waals surface area contributed by atoms with Gasteiger partial charge in [0.1, 0.15) is 5.82 Å². The van der Waals surface area contributed by atoms with E-state index < -0.39 is 0 Å². The topological polar surface area (TPSA) is 57.9 Å². The van der Waals surface area contributed by atoms with Gasteiger partial charge in [-0.1, -0.05) is 12.1 Å². The van der Waals surface area contributed by atoms with Gasteiger partial charge in [-0.3, -0.25) is 5.10 Å². The molecule has 0 atom stereocenters. The van der Waals surface area contributed by atoms with E-state index in [-0.39, 0.29) is 0 Å². The molecule has 0 spiro atoms. The van der Waals surface area contributed by atoms with Crippen molar-refractivity contribution in [1.82, 2.24) is 10.2 Å². The number of anilines is 2. The molecule has 4 nitrogen and oxygen atoms in total. The second kappa shape index (κ2) is 4.72. The molecular weight excluding hydrogens is 224 g/mol. The molecule has 1 aliphatic rings. The van der Waals surface area contributed by atoms with E-state index in [1.54, 1.807) is 0 Å². The van der Waals surface area contributed by atoms with Crippen LogP contribution in [-0.4, -0.2) is 23.3 Å². The molecule has 0 aliphatic carbocycles. The van der Waals surface area contributed by atoms with Gasteiger partial charge in [-0.25, -0.2) is 0 Å². The second-order valence-electron chi connectivity index (χ2n) is 4.80. The molecule has 94 valence electrons. The summed E-state index contributed by atoms with van der Waals surface area (Å²) in [5.41, 5.74) is 9.02. The predicted molar refractivity (Wildman–Crippen MR) is 74.5 cm³/mol. The summed E-state index contributed by atoms with van der Waals surface area (Å²) in [7, 11) is 0. The summed E-state index contributed by atoms with van der Waals surface area (Å²) in [6, 6.07) is 10.5. The molecule has 1 saturated heterocycles. The highest BCUT2D eigenvalue weighted by Gasteiger charge is 2.10. The zero-order valence-corrected chi connectivity index (χ0v) is 10.4. The van der Waals surface area contributed by atoms with Crippen molar-refractivity contribution in [1.29, 1.82) is 0 Å². The van der Waals surface area contributed by atoms with Crippen LogP contribution in [0.25, 0.3) is 11.3 Å². The summed E-state index contributed by atoms with van der Waals surface area (Å²) in [5.74, 6) is 0.533. The lowest BCUT2D eigenvalue weighted by Gasteiger charge is -2.28. The van der Waals surface area contributed by atoms with Crippen molar-refractivity contribution < 1.29 is 0 Å². The first-order chi connectivity index (χ1) is 8.83. The Morgan fingerprint density at radius 3 is 2.39 bits per heavy atom. The lowest BCUT2D eigenvalue weighted by Crippen LogP contribution is -2.29. The first-order valence-electron chi connectivity index (χ1n) is 6.49. The molecule has 0 unspecified atom stereocenters. The Labute approximate surface area is 107 Å². The SMILES string of the molecule is Nc1cc(-c2ccc(N3CCCCC3)cc2)[nH]n1. The van der Waals surface area contributed by atoms with Crippen LogP contribution in [0.3, 0.4) is 0 Å². The fraction of sp³-hybridized carbons (Fsp3) is 0.357. The van der Waals surface area contributed by atoms with Crippen molar-refractivity contribution in [3.63, 3.8) is 0 Å². The molecule has 2 heterocycles. The Kier molecular flexibility index (Phi) is 2.92. The fourth-order valence-electron chi connectivity index (χ4n) is 2.49. The van der Waals surface area contributed by atoms with Gasteiger partial charge in [0.2, 0.25) is 0 Å². The molecule has 2 aromatic rings. The minimum absolute atomic E-state index is 0.533. The molecule has 3 rings (SSSR count). The number of aromatic nitrogens is 2. The normalized spacial score (nSPS) is 15.9. The van der Waals surface area contributed by atoms with Gasteiger partial charge in [0.25, 0.3) is 0 Å². The molecule has 0 amide bonds. The number of rotatable bonds is 2. The summed E-state index contributed by atoms with van der Waals surface area (Å²) < 4.78 is 0. The van der Waals surface area contributed by atoms with Crippen LogP contribution in [0, 0.1) is 0 Å². The third kappa shape index (κ3) is 2.18. The highest BCUT2D eigenvalue weighted by atomic mass is 15.2. The molecule has 3 N–H and O–H groups in total. The number of nitrogens with two attached hydrogens (primary N) is 1. The number of piperidine rings is 1. The smallest absolute Gasteiger partial charge is 0.145 e. The number of H-pyrrole nitrogens is 1. The summed E-state index contributed by atoms with van der Waals surface area (Å²) in [6.07, 6.45) is 3.97. The summed E-state index contributed by atoms with van der Waals surface area (Å²) in [4.78, 5) is 2.45. The van der Waals surface area contributed by atoms with E-state index in [0.29, 0.717) is 5.82 Å². The molecule has 0 saturated carbocycles. The fourth-order valence-corrected chi connectivity index (χ4v) is 2.49. The third-order valence-corrected chi connectivity index (χ3v) is 3.50. The highest BCUT2D eigenvalue weighted by molar-refractivity contribution is 5.65. The maximum atomic E-state index is 5.61. The lowest BCUT2D eigenvalue weighted by molar-refractivity contribution is 0.578. The van der Waals surface area contributed by atoms with Crippen LogP contribution in [0.5, 0.6) is 0 Å². The first-order valence-corrected chi connectivity index (χ1v) is 6.49. The Bertz CT molecular complexity index is 509. The summed E-state index contributed by atoms with van der Waals surface area (Å²) >= 11 is 0. The van der Waals surface area contributed by atoms with Crippen molar-refractivity contribution in [3.05, 3.63) is 30.3 Å².